The summed E-state index contributed by atoms with van der Waals surface area (Å²) in [5.41, 5.74) is 3.52. The van der Waals surface area contributed by atoms with Crippen LogP contribution in [0.2, 0.25) is 0 Å². The Morgan fingerprint density at radius 2 is 1.53 bits per heavy atom. The van der Waals surface area contributed by atoms with Crippen LogP contribution >= 0.6 is 0 Å². The first-order valence-electron chi connectivity index (χ1n) is 12.5. The molecular weight excluding hydrogens is 458 g/mol. The molecule has 2 aliphatic heterocycles. The number of nitriles is 1. The van der Waals surface area contributed by atoms with Gasteiger partial charge in [0.25, 0.3) is 0 Å². The minimum absolute atomic E-state index is 0.194. The lowest BCUT2D eigenvalue weighted by Crippen LogP contribution is -2.29. The van der Waals surface area contributed by atoms with Crippen LogP contribution in [0.4, 0.5) is 20.2 Å². The molecule has 0 saturated carbocycles. The Bertz CT molecular complexity index is 1480. The van der Waals surface area contributed by atoms with Gasteiger partial charge in [-0.1, -0.05) is 0 Å². The summed E-state index contributed by atoms with van der Waals surface area (Å²) in [6.07, 6.45) is 7.28. The van der Waals surface area contributed by atoms with Crippen LogP contribution in [0.15, 0.2) is 48.7 Å². The average molecular weight is 485 g/mol. The number of halogens is 2. The lowest BCUT2D eigenvalue weighted by Gasteiger charge is -2.28. The van der Waals surface area contributed by atoms with E-state index in [-0.39, 0.29) is 22.6 Å². The molecular formula is C28H26F2N6. The molecule has 2 aliphatic rings. The standard InChI is InChI=1S/C28H26F2N6/c29-22-16-19(18-31)6-8-21(22)27-33-26-25(35-14-2-1-3-15-35)10-11-32-28(26)36(27)24-9-7-20(17-23(24)30)34-12-4-5-13-34/h6-11,16-17H,1-5,12-15H2. The first kappa shape index (κ1) is 22.5. The van der Waals surface area contributed by atoms with Crippen LogP contribution < -0.4 is 9.80 Å². The number of fused-ring (bicyclic) bond motifs is 1. The lowest BCUT2D eigenvalue weighted by atomic mass is 10.1. The molecule has 0 radical (unpaired) electrons. The predicted molar refractivity (Wildman–Crippen MR) is 136 cm³/mol. The molecule has 0 N–H and O–H groups in total. The van der Waals surface area contributed by atoms with Gasteiger partial charge in [-0.05, 0) is 74.6 Å². The largest absolute Gasteiger partial charge is 0.371 e. The Morgan fingerprint density at radius 3 is 2.25 bits per heavy atom. The molecule has 2 aromatic carbocycles. The molecule has 0 unspecified atom stereocenters. The fourth-order valence-corrected chi connectivity index (χ4v) is 5.37. The third-order valence-corrected chi connectivity index (χ3v) is 7.20. The summed E-state index contributed by atoms with van der Waals surface area (Å²) in [7, 11) is 0. The Kier molecular flexibility index (Phi) is 5.76. The monoisotopic (exact) mass is 484 g/mol. The Morgan fingerprint density at radius 1 is 0.778 bits per heavy atom. The highest BCUT2D eigenvalue weighted by atomic mass is 19.1. The second-order valence-electron chi connectivity index (χ2n) is 9.46. The highest BCUT2D eigenvalue weighted by Crippen LogP contribution is 2.36. The number of hydrogen-bond acceptors (Lipinski definition) is 5. The van der Waals surface area contributed by atoms with Crippen LogP contribution in [0.25, 0.3) is 28.2 Å². The van der Waals surface area contributed by atoms with Gasteiger partial charge in [0.1, 0.15) is 23.0 Å². The molecule has 4 heterocycles. The molecule has 2 fully saturated rings. The van der Waals surface area contributed by atoms with Crippen molar-refractivity contribution in [2.45, 2.75) is 32.1 Å². The summed E-state index contributed by atoms with van der Waals surface area (Å²) >= 11 is 0. The molecule has 2 saturated heterocycles. The zero-order valence-electron chi connectivity index (χ0n) is 19.9. The Balaban J connectivity index is 1.57. The summed E-state index contributed by atoms with van der Waals surface area (Å²) in [5, 5.41) is 9.20. The second-order valence-corrected chi connectivity index (χ2v) is 9.46. The van der Waals surface area contributed by atoms with E-state index in [1.165, 1.54) is 18.6 Å². The third kappa shape index (κ3) is 3.85. The van der Waals surface area contributed by atoms with Gasteiger partial charge < -0.3 is 9.80 Å². The number of rotatable bonds is 4. The van der Waals surface area contributed by atoms with Crippen molar-refractivity contribution in [3.8, 4) is 23.1 Å². The van der Waals surface area contributed by atoms with Crippen molar-refractivity contribution in [3.05, 3.63) is 65.9 Å². The number of nitrogens with zero attached hydrogens (tertiary/aromatic N) is 6. The summed E-state index contributed by atoms with van der Waals surface area (Å²) in [6, 6.07) is 13.3. The molecule has 36 heavy (non-hydrogen) atoms. The fraction of sp³-hybridized carbons (Fsp3) is 0.321. The predicted octanol–water partition coefficient (Wildman–Crippen LogP) is 5.83. The van der Waals surface area contributed by atoms with Gasteiger partial charge in [0.15, 0.2) is 5.65 Å². The first-order chi connectivity index (χ1) is 17.6. The van der Waals surface area contributed by atoms with E-state index < -0.39 is 11.6 Å². The molecule has 0 bridgehead atoms. The molecule has 182 valence electrons. The zero-order chi connectivity index (χ0) is 24.6. The topological polar surface area (TPSA) is 61.0 Å². The van der Waals surface area contributed by atoms with Crippen molar-refractivity contribution in [1.82, 2.24) is 14.5 Å². The molecule has 0 atom stereocenters. The molecule has 2 aromatic heterocycles. The second kappa shape index (κ2) is 9.23. The van der Waals surface area contributed by atoms with E-state index >= 15 is 8.78 Å². The van der Waals surface area contributed by atoms with Gasteiger partial charge in [-0.2, -0.15) is 5.26 Å². The van der Waals surface area contributed by atoms with Gasteiger partial charge in [-0.25, -0.2) is 18.7 Å². The van der Waals surface area contributed by atoms with E-state index in [1.807, 2.05) is 18.2 Å². The van der Waals surface area contributed by atoms with Crippen molar-refractivity contribution in [2.24, 2.45) is 0 Å². The number of benzene rings is 2. The number of piperidine rings is 1. The minimum Gasteiger partial charge on any atom is -0.371 e. The maximum Gasteiger partial charge on any atom is 0.167 e. The van der Waals surface area contributed by atoms with Gasteiger partial charge in [-0.3, -0.25) is 4.57 Å². The Hall–Kier alpha value is -3.99. The van der Waals surface area contributed by atoms with Gasteiger partial charge >= 0.3 is 0 Å². The number of imidazole rings is 1. The number of aromatic nitrogens is 3. The number of hydrogen-bond donors (Lipinski definition) is 0. The molecule has 0 amide bonds. The lowest BCUT2D eigenvalue weighted by molar-refractivity contribution is 0.578. The zero-order valence-corrected chi connectivity index (χ0v) is 19.9. The SMILES string of the molecule is N#Cc1ccc(-c2nc3c(N4CCCCC4)ccnc3n2-c2ccc(N3CCCC3)cc2F)c(F)c1. The molecule has 0 aliphatic carbocycles. The summed E-state index contributed by atoms with van der Waals surface area (Å²) in [5.74, 6) is -0.741. The van der Waals surface area contributed by atoms with Crippen molar-refractivity contribution < 1.29 is 8.78 Å². The van der Waals surface area contributed by atoms with Crippen molar-refractivity contribution in [2.75, 3.05) is 36.0 Å². The van der Waals surface area contributed by atoms with Crippen molar-refractivity contribution in [1.29, 1.82) is 5.26 Å². The average Bonchev–Trinajstić information content (AvgIpc) is 3.58. The van der Waals surface area contributed by atoms with E-state index in [2.05, 4.69) is 14.8 Å². The summed E-state index contributed by atoms with van der Waals surface area (Å²) < 4.78 is 32.6. The summed E-state index contributed by atoms with van der Waals surface area (Å²) in [4.78, 5) is 13.9. The van der Waals surface area contributed by atoms with E-state index in [0.717, 1.165) is 63.2 Å². The van der Waals surface area contributed by atoms with Gasteiger partial charge in [-0.15, -0.1) is 0 Å². The normalized spacial score (nSPS) is 16.0. The maximum absolute atomic E-state index is 15.7. The highest BCUT2D eigenvalue weighted by molar-refractivity contribution is 5.90. The summed E-state index contributed by atoms with van der Waals surface area (Å²) in [6.45, 7) is 3.64. The minimum atomic E-state index is -0.584. The van der Waals surface area contributed by atoms with Gasteiger partial charge in [0, 0.05) is 38.1 Å². The third-order valence-electron chi connectivity index (χ3n) is 7.20. The van der Waals surface area contributed by atoms with Crippen LogP contribution in [-0.4, -0.2) is 40.7 Å². The van der Waals surface area contributed by atoms with Gasteiger partial charge in [0.2, 0.25) is 0 Å². The van der Waals surface area contributed by atoms with Crippen LogP contribution in [0.1, 0.15) is 37.7 Å². The molecule has 4 aromatic rings. The van der Waals surface area contributed by atoms with Crippen LogP contribution in [0.3, 0.4) is 0 Å². The van der Waals surface area contributed by atoms with Crippen LogP contribution in [0, 0.1) is 23.0 Å². The number of pyridine rings is 1. The van der Waals surface area contributed by atoms with E-state index in [4.69, 9.17) is 4.98 Å². The molecule has 0 spiro atoms. The van der Waals surface area contributed by atoms with Crippen molar-refractivity contribution >= 4 is 22.5 Å². The van der Waals surface area contributed by atoms with Gasteiger partial charge in [0.05, 0.1) is 28.6 Å². The van der Waals surface area contributed by atoms with Crippen LogP contribution in [0.5, 0.6) is 0 Å². The van der Waals surface area contributed by atoms with E-state index in [0.29, 0.717) is 11.2 Å². The van der Waals surface area contributed by atoms with Crippen molar-refractivity contribution in [3.63, 3.8) is 0 Å². The Labute approximate surface area is 208 Å². The fourth-order valence-electron chi connectivity index (χ4n) is 5.37. The highest BCUT2D eigenvalue weighted by Gasteiger charge is 2.25. The molecule has 6 rings (SSSR count). The first-order valence-corrected chi connectivity index (χ1v) is 12.5. The van der Waals surface area contributed by atoms with Crippen LogP contribution in [-0.2, 0) is 0 Å². The molecule has 6 nitrogen and oxygen atoms in total. The molecule has 8 heteroatoms. The van der Waals surface area contributed by atoms with E-state index in [9.17, 15) is 5.26 Å². The number of anilines is 2. The smallest absolute Gasteiger partial charge is 0.167 e. The maximum atomic E-state index is 15.7. The quantitative estimate of drug-likeness (QED) is 0.365. The van der Waals surface area contributed by atoms with E-state index in [1.54, 1.807) is 29.0 Å².